The molecule has 6 aromatic carbocycles. The Kier molecular flexibility index (Phi) is 42.4. The van der Waals surface area contributed by atoms with Crippen LogP contribution in [0.4, 0.5) is 22.7 Å². The average Bonchev–Trinajstić information content (AvgIpc) is 0.909. The van der Waals surface area contributed by atoms with E-state index in [9.17, 15) is 39.6 Å². The van der Waals surface area contributed by atoms with Crippen molar-refractivity contribution in [1.82, 2.24) is 34.9 Å². The largest absolute Gasteiger partial charge is 2.00 e. The minimum absolute atomic E-state index is 0. The van der Waals surface area contributed by atoms with Gasteiger partial charge in [-0.05, 0) is 190 Å². The number of carboxylic acids is 4. The number of pyridine rings is 7. The molecule has 13 rings (SSSR count). The van der Waals surface area contributed by atoms with Crippen molar-refractivity contribution in [3.63, 3.8) is 0 Å². The zero-order chi connectivity index (χ0) is 69.6. The smallest absolute Gasteiger partial charge is 0.545 e. The number of aromatic carboxylic acids is 4. The van der Waals surface area contributed by atoms with Crippen molar-refractivity contribution in [2.75, 3.05) is 0 Å². The van der Waals surface area contributed by atoms with Crippen LogP contribution in [0.2, 0.25) is 0 Å². The molecule has 0 N–H and O–H groups in total. The molecule has 0 spiro atoms. The normalized spacial score (nSPS) is 9.60. The summed E-state index contributed by atoms with van der Waals surface area (Å²) in [7, 11) is 0. The molecular weight excluding hydrogens is 1360 g/mol. The zero-order valence-corrected chi connectivity index (χ0v) is 55.0. The van der Waals surface area contributed by atoms with Gasteiger partial charge in [-0.25, -0.2) is 0 Å². The predicted octanol–water partition coefficient (Wildman–Crippen LogP) is 11.4. The maximum atomic E-state index is 10.9. The molecule has 0 aliphatic rings. The average molecular weight is 1420 g/mol. The van der Waals surface area contributed by atoms with Crippen molar-refractivity contribution >= 4 is 71.5 Å². The molecule has 0 aliphatic carbocycles. The van der Waals surface area contributed by atoms with Crippen molar-refractivity contribution < 1.29 is 73.7 Å². The van der Waals surface area contributed by atoms with Gasteiger partial charge < -0.3 is 39.6 Å². The third kappa shape index (κ3) is 38.4. The first kappa shape index (κ1) is 81.2. The molecule has 7 aromatic heterocycles. The van der Waals surface area contributed by atoms with Gasteiger partial charge >= 0.3 is 34.1 Å². The second kappa shape index (κ2) is 52.3. The van der Waals surface area contributed by atoms with Gasteiger partial charge in [0.2, 0.25) is 0 Å². The van der Waals surface area contributed by atoms with E-state index in [2.05, 4.69) is 54.9 Å². The van der Waals surface area contributed by atoms with Crippen molar-refractivity contribution in [3.8, 4) is 0 Å². The summed E-state index contributed by atoms with van der Waals surface area (Å²) in [5.41, 5.74) is 5.45. The standard InChI is InChI=1S/2C22H16N2O4.7C5H5N.2Cu/c2*25-21(26)17-6-2-8-19(11-17)23-13-15-4-1-5-16(10-15)14-24-20-9-3-7-18(12-20)22(27)28;7*1-2-4-6-5-3-1;;/h2*1-14H,(H,25,26)(H,27,28);7*1-5H;;/q;;;;;;;;;2*+2/p-4. The molecule has 0 saturated carbocycles. The van der Waals surface area contributed by atoms with Gasteiger partial charge in [0.1, 0.15) is 0 Å². The van der Waals surface area contributed by atoms with Gasteiger partial charge in [-0.15, -0.1) is 0 Å². The summed E-state index contributed by atoms with van der Waals surface area (Å²) in [5.74, 6) is -5.01. The van der Waals surface area contributed by atoms with Crippen LogP contribution in [0.3, 0.4) is 0 Å². The maximum Gasteiger partial charge on any atom is 2.00 e. The summed E-state index contributed by atoms with van der Waals surface area (Å²) in [6.45, 7) is 0. The molecule has 504 valence electrons. The number of carboxylic acid groups (broad SMARTS) is 4. The molecular formula is C79H63Cu2N11O8. The van der Waals surface area contributed by atoms with Gasteiger partial charge in [-0.3, -0.25) is 54.9 Å². The number of hydrogen-bond acceptors (Lipinski definition) is 19. The fourth-order valence-electron chi connectivity index (χ4n) is 7.08. The van der Waals surface area contributed by atoms with Crippen LogP contribution in [0.15, 0.2) is 380 Å². The molecule has 19 nitrogen and oxygen atoms in total. The molecule has 0 unspecified atom stereocenters. The number of carbonyl (C=O) groups excluding carboxylic acids is 4. The van der Waals surface area contributed by atoms with Crippen LogP contribution in [0, 0.1) is 0 Å². The number of nitrogens with zero attached hydrogens (tertiary/aromatic N) is 11. The Morgan fingerprint density at radius 2 is 0.380 bits per heavy atom. The molecule has 2 radical (unpaired) electrons. The summed E-state index contributed by atoms with van der Waals surface area (Å²) < 4.78 is 0. The summed E-state index contributed by atoms with van der Waals surface area (Å²) in [5, 5.41) is 43.6. The number of carbonyl (C=O) groups is 4. The Balaban J connectivity index is 0.000000326. The second-order valence-electron chi connectivity index (χ2n) is 18.9. The van der Waals surface area contributed by atoms with E-state index in [0.717, 1.165) is 22.3 Å². The second-order valence-corrected chi connectivity index (χ2v) is 18.9. The van der Waals surface area contributed by atoms with Crippen LogP contribution in [-0.2, 0) is 34.1 Å². The van der Waals surface area contributed by atoms with Crippen molar-refractivity contribution in [1.29, 1.82) is 0 Å². The molecule has 7 heterocycles. The van der Waals surface area contributed by atoms with Gasteiger partial charge in [0, 0.05) is 112 Å². The van der Waals surface area contributed by atoms with Crippen LogP contribution in [0.25, 0.3) is 0 Å². The maximum absolute atomic E-state index is 10.9. The Morgan fingerprint density at radius 1 is 0.220 bits per heavy atom. The van der Waals surface area contributed by atoms with Crippen LogP contribution >= 0.6 is 0 Å². The first-order valence-corrected chi connectivity index (χ1v) is 29.6. The SMILES string of the molecule is O=C([O-])c1cccc(N=Cc2cccc(C=Nc3cccc(C(=O)[O-])c3)c2)c1.O=C([O-])c1cccc(N=Cc2cccc(C=Nc3cccc(C(=O)[O-])c3)c2)c1.[Cu+2].[Cu+2].c1ccncc1.c1ccncc1.c1ccncc1.c1ccncc1.c1ccncc1.c1ccncc1.c1ccncc1. The number of hydrogen-bond donors (Lipinski definition) is 0. The van der Waals surface area contributed by atoms with Crippen LogP contribution in [0.1, 0.15) is 63.7 Å². The van der Waals surface area contributed by atoms with E-state index in [4.69, 9.17) is 0 Å². The van der Waals surface area contributed by atoms with E-state index in [1.165, 1.54) is 48.5 Å². The van der Waals surface area contributed by atoms with E-state index < -0.39 is 23.9 Å². The number of aromatic nitrogens is 7. The molecule has 13 aromatic rings. The first-order valence-electron chi connectivity index (χ1n) is 29.6. The van der Waals surface area contributed by atoms with E-state index in [-0.39, 0.29) is 56.4 Å². The number of rotatable bonds is 12. The molecule has 0 saturated heterocycles. The van der Waals surface area contributed by atoms with Gasteiger partial charge in [0.15, 0.2) is 0 Å². The van der Waals surface area contributed by atoms with Crippen LogP contribution in [0.5, 0.6) is 0 Å². The quantitative estimate of drug-likeness (QED) is 0.0811. The first-order chi connectivity index (χ1) is 48.0. The van der Waals surface area contributed by atoms with Gasteiger partial charge in [0.25, 0.3) is 0 Å². The zero-order valence-electron chi connectivity index (χ0n) is 53.2. The summed E-state index contributed by atoms with van der Waals surface area (Å²) >= 11 is 0. The van der Waals surface area contributed by atoms with Crippen molar-refractivity contribution in [2.24, 2.45) is 20.0 Å². The summed E-state index contributed by atoms with van der Waals surface area (Å²) in [4.78, 5) is 87.2. The van der Waals surface area contributed by atoms with Gasteiger partial charge in [-0.1, -0.05) is 127 Å². The minimum Gasteiger partial charge on any atom is -0.545 e. The molecule has 21 heteroatoms. The molecule has 0 aliphatic heterocycles. The molecule has 0 atom stereocenters. The van der Waals surface area contributed by atoms with Gasteiger partial charge in [0.05, 0.1) is 46.6 Å². The molecule has 0 amide bonds. The van der Waals surface area contributed by atoms with Crippen LogP contribution in [-0.4, -0.2) is 83.6 Å². The fraction of sp³-hybridized carbons (Fsp3) is 0. The topological polar surface area (TPSA) is 300 Å². The van der Waals surface area contributed by atoms with Crippen molar-refractivity contribution in [2.45, 2.75) is 0 Å². The van der Waals surface area contributed by atoms with E-state index in [1.54, 1.807) is 160 Å². The third-order valence-corrected chi connectivity index (χ3v) is 11.6. The Labute approximate surface area is 600 Å². The van der Waals surface area contributed by atoms with E-state index >= 15 is 0 Å². The number of benzene rings is 6. The Morgan fingerprint density at radius 3 is 0.510 bits per heavy atom. The molecule has 0 fully saturated rings. The minimum atomic E-state index is -1.25. The molecule has 0 bridgehead atoms. The van der Waals surface area contributed by atoms with E-state index in [0.29, 0.717) is 22.7 Å². The Bertz CT molecular complexity index is 3590. The summed E-state index contributed by atoms with van der Waals surface area (Å²) in [6, 6.07) is 79.4. The number of aliphatic imine (C=N–C) groups is 4. The van der Waals surface area contributed by atoms with Crippen LogP contribution < -0.4 is 20.4 Å². The monoisotopic (exact) mass is 1420 g/mol. The summed E-state index contributed by atoms with van der Waals surface area (Å²) in [6.07, 6.45) is 31.0. The predicted molar refractivity (Wildman–Crippen MR) is 375 cm³/mol. The Hall–Kier alpha value is -13.0. The third-order valence-electron chi connectivity index (χ3n) is 11.6. The van der Waals surface area contributed by atoms with E-state index in [1.807, 2.05) is 176 Å². The van der Waals surface area contributed by atoms with Gasteiger partial charge in [-0.2, -0.15) is 0 Å². The fourth-order valence-corrected chi connectivity index (χ4v) is 7.08. The molecule has 100 heavy (non-hydrogen) atoms. The van der Waals surface area contributed by atoms with Crippen molar-refractivity contribution in [3.05, 3.63) is 404 Å².